The first-order valence-corrected chi connectivity index (χ1v) is 7.82. The van der Waals surface area contributed by atoms with E-state index in [4.69, 9.17) is 9.84 Å². The molecule has 2 N–H and O–H groups in total. The first-order chi connectivity index (χ1) is 11.5. The molecule has 1 aromatic carbocycles. The number of aliphatic hydroxyl groups is 1. The number of aliphatic hydroxyl groups excluding tert-OH is 1. The average Bonchev–Trinajstić information content (AvgIpc) is 3.08. The third-order valence-electron chi connectivity index (χ3n) is 4.31. The molecule has 2 heterocycles. The number of methoxy groups -OCH3 is 1. The van der Waals surface area contributed by atoms with Gasteiger partial charge in [0, 0.05) is 25.3 Å². The lowest BCUT2D eigenvalue weighted by Gasteiger charge is -2.15. The molecule has 0 atom stereocenters. The van der Waals surface area contributed by atoms with Crippen molar-refractivity contribution in [2.75, 3.05) is 39.2 Å². The number of fused-ring (bicyclic) bond motifs is 1. The standard InChI is InChI=1S/C17H21N3O4/c1-19-8-11-3-4-13(7-12(11)9-19)18-15-14(17(23)24-2)10-20(5-6-21)16(15)22/h3-4,7,18,21H,5-6,8-10H2,1-2H3. The molecule has 0 unspecified atom stereocenters. The third kappa shape index (κ3) is 3.00. The molecule has 128 valence electrons. The Labute approximate surface area is 140 Å². The summed E-state index contributed by atoms with van der Waals surface area (Å²) in [4.78, 5) is 28.1. The predicted molar refractivity (Wildman–Crippen MR) is 87.9 cm³/mol. The SMILES string of the molecule is COC(=O)C1=C(Nc2ccc3c(c2)CN(C)C3)C(=O)N(CCO)C1. The van der Waals surface area contributed by atoms with Crippen molar-refractivity contribution in [1.29, 1.82) is 0 Å². The number of hydrogen-bond donors (Lipinski definition) is 2. The van der Waals surface area contributed by atoms with Gasteiger partial charge in [0.2, 0.25) is 0 Å². The average molecular weight is 331 g/mol. The molecule has 2 aliphatic heterocycles. The maximum Gasteiger partial charge on any atom is 0.337 e. The summed E-state index contributed by atoms with van der Waals surface area (Å²) < 4.78 is 4.78. The number of β-amino-alcohol motifs (C(OH)–C–C–N with tert-alkyl or cyclic N) is 1. The van der Waals surface area contributed by atoms with Crippen molar-refractivity contribution < 1.29 is 19.4 Å². The van der Waals surface area contributed by atoms with Gasteiger partial charge in [0.15, 0.2) is 0 Å². The van der Waals surface area contributed by atoms with Crippen molar-refractivity contribution in [3.05, 3.63) is 40.6 Å². The summed E-state index contributed by atoms with van der Waals surface area (Å²) in [5.74, 6) is -0.839. The number of rotatable bonds is 5. The van der Waals surface area contributed by atoms with Crippen molar-refractivity contribution in [2.45, 2.75) is 13.1 Å². The van der Waals surface area contributed by atoms with Gasteiger partial charge in [-0.1, -0.05) is 6.07 Å². The third-order valence-corrected chi connectivity index (χ3v) is 4.31. The van der Waals surface area contributed by atoms with Gasteiger partial charge in [-0.25, -0.2) is 4.79 Å². The summed E-state index contributed by atoms with van der Waals surface area (Å²) in [6.45, 7) is 1.94. The molecule has 7 heteroatoms. The number of hydrogen-bond acceptors (Lipinski definition) is 6. The summed E-state index contributed by atoms with van der Waals surface area (Å²) in [6.07, 6.45) is 0. The molecular weight excluding hydrogens is 310 g/mol. The Morgan fingerprint density at radius 3 is 2.75 bits per heavy atom. The molecule has 0 spiro atoms. The van der Waals surface area contributed by atoms with Crippen LogP contribution < -0.4 is 5.32 Å². The fraction of sp³-hybridized carbons (Fsp3) is 0.412. The van der Waals surface area contributed by atoms with Gasteiger partial charge >= 0.3 is 5.97 Å². The summed E-state index contributed by atoms with van der Waals surface area (Å²) in [5, 5.41) is 12.2. The van der Waals surface area contributed by atoms with Gasteiger partial charge in [0.25, 0.3) is 5.91 Å². The summed E-state index contributed by atoms with van der Waals surface area (Å²) in [6, 6.07) is 5.94. The second-order valence-electron chi connectivity index (χ2n) is 6.08. The maximum atomic E-state index is 12.5. The van der Waals surface area contributed by atoms with E-state index in [1.807, 2.05) is 18.2 Å². The van der Waals surface area contributed by atoms with Crippen LogP contribution >= 0.6 is 0 Å². The molecule has 0 aliphatic carbocycles. The molecule has 0 saturated carbocycles. The van der Waals surface area contributed by atoms with Crippen molar-refractivity contribution in [2.24, 2.45) is 0 Å². The fourth-order valence-corrected chi connectivity index (χ4v) is 3.14. The van der Waals surface area contributed by atoms with Crippen LogP contribution in [0.2, 0.25) is 0 Å². The van der Waals surface area contributed by atoms with Gasteiger partial charge in [0.1, 0.15) is 5.70 Å². The monoisotopic (exact) mass is 331 g/mol. The van der Waals surface area contributed by atoms with Crippen LogP contribution in [0.4, 0.5) is 5.69 Å². The topological polar surface area (TPSA) is 82.1 Å². The normalized spacial score (nSPS) is 17.5. The van der Waals surface area contributed by atoms with Gasteiger partial charge in [-0.05, 0) is 30.3 Å². The van der Waals surface area contributed by atoms with E-state index in [0.717, 1.165) is 18.8 Å². The van der Waals surface area contributed by atoms with Crippen molar-refractivity contribution in [1.82, 2.24) is 9.80 Å². The van der Waals surface area contributed by atoms with E-state index in [2.05, 4.69) is 17.3 Å². The zero-order chi connectivity index (χ0) is 17.3. The van der Waals surface area contributed by atoms with Crippen molar-refractivity contribution in [3.8, 4) is 0 Å². The Hall–Kier alpha value is -2.38. The van der Waals surface area contributed by atoms with E-state index in [-0.39, 0.29) is 36.9 Å². The van der Waals surface area contributed by atoms with Crippen LogP contribution in [0.3, 0.4) is 0 Å². The van der Waals surface area contributed by atoms with E-state index in [9.17, 15) is 9.59 Å². The highest BCUT2D eigenvalue weighted by molar-refractivity contribution is 6.08. The smallest absolute Gasteiger partial charge is 0.337 e. The van der Waals surface area contributed by atoms with Crippen LogP contribution in [0.5, 0.6) is 0 Å². The van der Waals surface area contributed by atoms with Gasteiger partial charge in [-0.15, -0.1) is 0 Å². The van der Waals surface area contributed by atoms with Crippen LogP contribution in [-0.4, -0.2) is 60.6 Å². The first-order valence-electron chi connectivity index (χ1n) is 7.82. The maximum absolute atomic E-state index is 12.5. The predicted octanol–water partition coefficient (Wildman–Crippen LogP) is 0.305. The minimum Gasteiger partial charge on any atom is -0.466 e. The molecule has 0 bridgehead atoms. The first kappa shape index (κ1) is 16.5. The number of nitrogens with zero attached hydrogens (tertiary/aromatic N) is 2. The lowest BCUT2D eigenvalue weighted by Crippen LogP contribution is -2.31. The highest BCUT2D eigenvalue weighted by atomic mass is 16.5. The van der Waals surface area contributed by atoms with E-state index >= 15 is 0 Å². The minimum atomic E-state index is -0.535. The molecule has 1 amide bonds. The highest BCUT2D eigenvalue weighted by Gasteiger charge is 2.34. The number of carbonyl (C=O) groups is 2. The number of esters is 1. The van der Waals surface area contributed by atoms with Gasteiger partial charge < -0.3 is 20.1 Å². The molecule has 0 aromatic heterocycles. The Kier molecular flexibility index (Phi) is 4.55. The van der Waals surface area contributed by atoms with E-state index in [1.165, 1.54) is 23.1 Å². The highest BCUT2D eigenvalue weighted by Crippen LogP contribution is 2.27. The number of carbonyl (C=O) groups excluding carboxylic acids is 2. The number of ether oxygens (including phenoxy) is 1. The fourth-order valence-electron chi connectivity index (χ4n) is 3.14. The Bertz CT molecular complexity index is 714. The van der Waals surface area contributed by atoms with Crippen LogP contribution in [0.15, 0.2) is 29.5 Å². The van der Waals surface area contributed by atoms with Crippen molar-refractivity contribution in [3.63, 3.8) is 0 Å². The Morgan fingerprint density at radius 2 is 2.04 bits per heavy atom. The Morgan fingerprint density at radius 1 is 1.29 bits per heavy atom. The molecule has 0 fully saturated rings. The molecule has 0 radical (unpaired) electrons. The minimum absolute atomic E-state index is 0.141. The second kappa shape index (κ2) is 6.62. The zero-order valence-electron chi connectivity index (χ0n) is 13.8. The largest absolute Gasteiger partial charge is 0.466 e. The van der Waals surface area contributed by atoms with Gasteiger partial charge in [-0.2, -0.15) is 0 Å². The quantitative estimate of drug-likeness (QED) is 0.756. The molecule has 7 nitrogen and oxygen atoms in total. The molecular formula is C17H21N3O4. The number of benzene rings is 1. The zero-order valence-corrected chi connectivity index (χ0v) is 13.8. The van der Waals surface area contributed by atoms with Crippen LogP contribution in [-0.2, 0) is 27.4 Å². The van der Waals surface area contributed by atoms with E-state index in [0.29, 0.717) is 0 Å². The molecule has 24 heavy (non-hydrogen) atoms. The van der Waals surface area contributed by atoms with Crippen LogP contribution in [0.1, 0.15) is 11.1 Å². The molecule has 1 aromatic rings. The Balaban J connectivity index is 1.87. The van der Waals surface area contributed by atoms with Crippen LogP contribution in [0, 0.1) is 0 Å². The molecule has 3 rings (SSSR count). The summed E-state index contributed by atoms with van der Waals surface area (Å²) in [5.41, 5.74) is 3.75. The van der Waals surface area contributed by atoms with Gasteiger partial charge in [0.05, 0.1) is 25.8 Å². The number of nitrogens with one attached hydrogen (secondary N) is 1. The molecule has 2 aliphatic rings. The lowest BCUT2D eigenvalue weighted by molar-refractivity contribution is -0.136. The van der Waals surface area contributed by atoms with E-state index < -0.39 is 5.97 Å². The van der Waals surface area contributed by atoms with Crippen LogP contribution in [0.25, 0.3) is 0 Å². The summed E-state index contributed by atoms with van der Waals surface area (Å²) >= 11 is 0. The van der Waals surface area contributed by atoms with E-state index in [1.54, 1.807) is 0 Å². The summed E-state index contributed by atoms with van der Waals surface area (Å²) in [7, 11) is 3.34. The van der Waals surface area contributed by atoms with Crippen molar-refractivity contribution >= 4 is 17.6 Å². The lowest BCUT2D eigenvalue weighted by atomic mass is 10.1. The number of anilines is 1. The number of amides is 1. The molecule has 0 saturated heterocycles. The second-order valence-corrected chi connectivity index (χ2v) is 6.08. The van der Waals surface area contributed by atoms with Gasteiger partial charge in [-0.3, -0.25) is 9.69 Å².